The van der Waals surface area contributed by atoms with Crippen LogP contribution in [-0.4, -0.2) is 48.0 Å². The van der Waals surface area contributed by atoms with Gasteiger partial charge in [0.2, 0.25) is 5.88 Å². The van der Waals surface area contributed by atoms with Gasteiger partial charge in [0.05, 0.1) is 17.7 Å². The molecule has 7 heteroatoms. The van der Waals surface area contributed by atoms with Gasteiger partial charge in [-0.2, -0.15) is 5.26 Å². The van der Waals surface area contributed by atoms with Gasteiger partial charge < -0.3 is 9.47 Å². The minimum absolute atomic E-state index is 0.0878. The topological polar surface area (TPSA) is 58.4 Å². The molecule has 0 saturated carbocycles. The smallest absolute Gasteiger partial charge is 0.213 e. The van der Waals surface area contributed by atoms with E-state index < -0.39 is 5.82 Å². The van der Waals surface area contributed by atoms with Crippen LogP contribution in [0.25, 0.3) is 0 Å². The number of likely N-dealkylation sites (tertiary alicyclic amines) is 1. The molecule has 0 N–H and O–H groups in total. The van der Waals surface area contributed by atoms with Crippen LogP contribution in [0.2, 0.25) is 0 Å². The van der Waals surface area contributed by atoms with Crippen molar-refractivity contribution in [2.24, 2.45) is 0 Å². The fourth-order valence-electron chi connectivity index (χ4n) is 5.02. The van der Waals surface area contributed by atoms with Gasteiger partial charge in [-0.25, -0.2) is 20.3 Å². The van der Waals surface area contributed by atoms with Crippen LogP contribution in [0.4, 0.5) is 4.39 Å². The summed E-state index contributed by atoms with van der Waals surface area (Å²) < 4.78 is 25.8. The van der Waals surface area contributed by atoms with Crippen LogP contribution in [0.15, 0.2) is 58.9 Å². The van der Waals surface area contributed by atoms with Crippen molar-refractivity contribution in [3.63, 3.8) is 0 Å². The zero-order chi connectivity index (χ0) is 24.0. The van der Waals surface area contributed by atoms with Gasteiger partial charge in [0.1, 0.15) is 12.4 Å². The van der Waals surface area contributed by atoms with E-state index in [2.05, 4.69) is 28.5 Å². The second kappa shape index (κ2) is 11.4. The molecule has 35 heavy (non-hydrogen) atoms. The van der Waals surface area contributed by atoms with Crippen LogP contribution < -0.4 is 4.74 Å². The Morgan fingerprint density at radius 2 is 2.09 bits per heavy atom. The number of piperidine rings is 1. The number of nitrogens with zero attached hydrogens (tertiary/aromatic N) is 3. The third-order valence-corrected chi connectivity index (χ3v) is 9.40. The number of rotatable bonds is 8. The number of halogens is 1. The molecule has 2 atom stereocenters. The molecule has 5 rings (SSSR count). The molecular weight excluding hydrogens is 461 g/mol. The number of ether oxygens (including phenoxy) is 2. The van der Waals surface area contributed by atoms with E-state index in [-0.39, 0.29) is 17.5 Å². The van der Waals surface area contributed by atoms with E-state index in [1.54, 1.807) is 17.0 Å². The molecule has 0 spiro atoms. The quantitative estimate of drug-likeness (QED) is 0.496. The van der Waals surface area contributed by atoms with Crippen LogP contribution in [0.3, 0.4) is 0 Å². The molecule has 3 aliphatic rings. The second-order valence-electron chi connectivity index (χ2n) is 9.44. The molecule has 3 aliphatic heterocycles. The Morgan fingerprint density at radius 1 is 1.20 bits per heavy atom. The van der Waals surface area contributed by atoms with Gasteiger partial charge in [-0.05, 0) is 67.3 Å². The van der Waals surface area contributed by atoms with Crippen molar-refractivity contribution in [1.29, 1.82) is 5.26 Å². The molecule has 184 valence electrons. The fourth-order valence-corrected chi connectivity index (χ4v) is 7.25. The molecule has 2 saturated heterocycles. The van der Waals surface area contributed by atoms with Crippen LogP contribution in [0.1, 0.15) is 48.4 Å². The lowest BCUT2D eigenvalue weighted by atomic mass is 9.93. The van der Waals surface area contributed by atoms with E-state index >= 15 is 0 Å². The lowest BCUT2D eigenvalue weighted by Gasteiger charge is -2.33. The first-order valence-electron chi connectivity index (χ1n) is 12.4. The highest BCUT2D eigenvalue weighted by molar-refractivity contribution is 8.23. The summed E-state index contributed by atoms with van der Waals surface area (Å²) in [6.45, 7) is 4.20. The predicted octanol–water partition coefficient (Wildman–Crippen LogP) is 5.44. The van der Waals surface area contributed by atoms with Gasteiger partial charge in [-0.15, -0.1) is 0 Å². The van der Waals surface area contributed by atoms with E-state index in [0.717, 1.165) is 44.8 Å². The van der Waals surface area contributed by atoms with Crippen LogP contribution in [0.5, 0.6) is 5.88 Å². The number of allylic oxidation sites excluding steroid dienone is 2. The molecule has 5 nitrogen and oxygen atoms in total. The fraction of sp³-hybridized carbons (Fsp3) is 0.429. The molecule has 1 aromatic carbocycles. The number of nitriles is 1. The highest BCUT2D eigenvalue weighted by Gasteiger charge is 2.25. The number of benzene rings is 1. The zero-order valence-corrected chi connectivity index (χ0v) is 20.8. The largest absolute Gasteiger partial charge is 0.473 e. The lowest BCUT2D eigenvalue weighted by molar-refractivity contribution is 0.128. The Hall–Kier alpha value is -2.66. The van der Waals surface area contributed by atoms with Gasteiger partial charge in [-0.1, -0.05) is 24.3 Å². The highest BCUT2D eigenvalue weighted by atomic mass is 32.2. The van der Waals surface area contributed by atoms with E-state index in [0.29, 0.717) is 29.0 Å². The molecule has 0 amide bonds. The molecule has 2 aromatic rings. The number of aromatic nitrogens is 1. The summed E-state index contributed by atoms with van der Waals surface area (Å²) in [6, 6.07) is 12.2. The summed E-state index contributed by atoms with van der Waals surface area (Å²) in [4.78, 5) is 8.88. The Kier molecular flexibility index (Phi) is 7.82. The van der Waals surface area contributed by atoms with Crippen molar-refractivity contribution < 1.29 is 13.9 Å². The van der Waals surface area contributed by atoms with Crippen molar-refractivity contribution >= 4 is 10.9 Å². The maximum Gasteiger partial charge on any atom is 0.213 e. The van der Waals surface area contributed by atoms with Gasteiger partial charge in [0.25, 0.3) is 0 Å². The monoisotopic (exact) mass is 493 g/mol. The molecule has 1 aromatic heterocycles. The summed E-state index contributed by atoms with van der Waals surface area (Å²) in [7, 11) is -0.190. The molecule has 0 radical (unpaired) electrons. The zero-order valence-electron chi connectivity index (χ0n) is 19.9. The van der Waals surface area contributed by atoms with Crippen LogP contribution in [0, 0.1) is 17.1 Å². The molecular formula is C28H32FN3O2S. The maximum absolute atomic E-state index is 14.1. The Balaban J connectivity index is 1.11. The van der Waals surface area contributed by atoms with E-state index in [1.807, 2.05) is 18.2 Å². The lowest BCUT2D eigenvalue weighted by Crippen LogP contribution is -2.34. The van der Waals surface area contributed by atoms with Crippen molar-refractivity contribution in [3.8, 4) is 11.9 Å². The second-order valence-corrected chi connectivity index (χ2v) is 11.6. The number of hydrogen-bond acceptors (Lipinski definition) is 5. The van der Waals surface area contributed by atoms with Gasteiger partial charge in [-0.3, -0.25) is 4.90 Å². The van der Waals surface area contributed by atoms with E-state index in [1.165, 1.54) is 24.7 Å². The highest BCUT2D eigenvalue weighted by Crippen LogP contribution is 2.43. The third kappa shape index (κ3) is 6.13. The first-order valence-corrected chi connectivity index (χ1v) is 14.0. The summed E-state index contributed by atoms with van der Waals surface area (Å²) in [6.07, 6.45) is 9.58. The average Bonchev–Trinajstić information content (AvgIpc) is 3.56. The van der Waals surface area contributed by atoms with E-state index in [9.17, 15) is 4.39 Å². The maximum atomic E-state index is 14.1. The van der Waals surface area contributed by atoms with Crippen molar-refractivity contribution in [2.75, 3.05) is 32.0 Å². The predicted molar refractivity (Wildman–Crippen MR) is 138 cm³/mol. The molecule has 2 fully saturated rings. The third-order valence-electron chi connectivity index (χ3n) is 7.04. The minimum Gasteiger partial charge on any atom is -0.473 e. The van der Waals surface area contributed by atoms with Gasteiger partial charge in [0.15, 0.2) is 0 Å². The summed E-state index contributed by atoms with van der Waals surface area (Å²) in [5, 5.41) is 11.3. The number of pyridine rings is 1. The molecule has 0 aliphatic carbocycles. The first-order chi connectivity index (χ1) is 17.2. The Labute approximate surface area is 209 Å². The standard InChI is InChI=1S/C28H32FN3O2S/c29-26-16-21(17-30)8-9-23(26)19-34-28-7-1-6-27(31-28)22-10-12-32(13-11-22)18-25-5-3-15-35(25)20-24-4-2-14-33-24/h1,3,5-9,15-16,22,24,35H,2,4,10-14,18-20H2. The van der Waals surface area contributed by atoms with Crippen molar-refractivity contribution in [3.05, 3.63) is 81.5 Å². The normalized spacial score (nSPS) is 23.8. The summed E-state index contributed by atoms with van der Waals surface area (Å²) in [5.74, 6) is 1.66. The Bertz CT molecular complexity index is 1130. The van der Waals surface area contributed by atoms with Crippen LogP contribution in [-0.2, 0) is 11.3 Å². The molecule has 0 bridgehead atoms. The average molecular weight is 494 g/mol. The van der Waals surface area contributed by atoms with Crippen LogP contribution >= 0.6 is 10.9 Å². The summed E-state index contributed by atoms with van der Waals surface area (Å²) >= 11 is 0. The number of hydrogen-bond donors (Lipinski definition) is 1. The molecule has 4 heterocycles. The first kappa shape index (κ1) is 24.1. The van der Waals surface area contributed by atoms with E-state index in [4.69, 9.17) is 19.7 Å². The summed E-state index contributed by atoms with van der Waals surface area (Å²) in [5.41, 5.74) is 1.77. The SMILES string of the molecule is N#Cc1ccc(COc2cccc(C3CCN(CC4=CC=C[SH]4CC4CCCO4)CC3)n2)c(F)c1. The van der Waals surface area contributed by atoms with Crippen molar-refractivity contribution in [1.82, 2.24) is 9.88 Å². The van der Waals surface area contributed by atoms with Gasteiger partial charge >= 0.3 is 0 Å². The van der Waals surface area contributed by atoms with Crippen molar-refractivity contribution in [2.45, 2.75) is 44.3 Å². The Morgan fingerprint density at radius 3 is 2.86 bits per heavy atom. The molecule has 2 unspecified atom stereocenters. The van der Waals surface area contributed by atoms with Gasteiger partial charge in [0, 0.05) is 42.1 Å². The number of thiol groups is 1. The minimum atomic E-state index is -0.431.